The molecule has 0 radical (unpaired) electrons. The minimum atomic E-state index is -3.15. The highest BCUT2D eigenvalue weighted by Gasteiger charge is 2.35. The molecule has 1 atom stereocenters. The molecule has 2 aliphatic rings. The number of amides is 1. The number of nitrogens with zero attached hydrogens (tertiary/aromatic N) is 2. The maximum Gasteiger partial charge on any atom is 0.228 e. The highest BCUT2D eigenvalue weighted by atomic mass is 32.2. The third-order valence-corrected chi connectivity index (χ3v) is 4.83. The predicted octanol–water partition coefficient (Wildman–Crippen LogP) is -1.30. The minimum absolute atomic E-state index is 0.0898. The van der Waals surface area contributed by atoms with Gasteiger partial charge in [-0.25, -0.2) is 8.42 Å². The molecule has 1 amide bonds. The molecule has 2 saturated heterocycles. The number of sulfonamides is 1. The molecule has 2 aliphatic heterocycles. The second-order valence-corrected chi connectivity index (χ2v) is 6.80. The quantitative estimate of drug-likeness (QED) is 0.671. The standard InChI is InChI=1S/C10H19N3O3S/c1-8-7-12(10(14)9-5-11-6-9)3-4-13(8)17(2,15)16/h8-9,11H,3-7H2,1-2H3/t8-/m0/s1. The third kappa shape index (κ3) is 2.61. The Balaban J connectivity index is 1.97. The van der Waals surface area contributed by atoms with Crippen molar-refractivity contribution < 1.29 is 13.2 Å². The number of hydrogen-bond acceptors (Lipinski definition) is 4. The fourth-order valence-corrected chi connectivity index (χ4v) is 3.49. The molecule has 6 nitrogen and oxygen atoms in total. The van der Waals surface area contributed by atoms with Gasteiger partial charge in [0.1, 0.15) is 0 Å². The highest BCUT2D eigenvalue weighted by molar-refractivity contribution is 7.88. The van der Waals surface area contributed by atoms with Gasteiger partial charge in [-0.15, -0.1) is 0 Å². The molecule has 7 heteroatoms. The number of rotatable bonds is 2. The summed E-state index contributed by atoms with van der Waals surface area (Å²) < 4.78 is 24.4. The lowest BCUT2D eigenvalue weighted by Crippen LogP contribution is -2.59. The van der Waals surface area contributed by atoms with Crippen LogP contribution in [0.25, 0.3) is 0 Å². The van der Waals surface area contributed by atoms with Crippen molar-refractivity contribution >= 4 is 15.9 Å². The molecule has 0 unspecified atom stereocenters. The van der Waals surface area contributed by atoms with E-state index in [1.54, 1.807) is 4.90 Å². The van der Waals surface area contributed by atoms with Crippen molar-refractivity contribution in [1.29, 1.82) is 0 Å². The maximum atomic E-state index is 12.0. The van der Waals surface area contributed by atoms with Gasteiger partial charge in [0, 0.05) is 38.8 Å². The van der Waals surface area contributed by atoms with Gasteiger partial charge in [-0.1, -0.05) is 0 Å². The van der Waals surface area contributed by atoms with Gasteiger partial charge in [0.05, 0.1) is 12.2 Å². The summed E-state index contributed by atoms with van der Waals surface area (Å²) in [5.74, 6) is 0.246. The highest BCUT2D eigenvalue weighted by Crippen LogP contribution is 2.16. The normalized spacial score (nSPS) is 27.9. The molecular formula is C10H19N3O3S. The smallest absolute Gasteiger partial charge is 0.228 e. The lowest BCUT2D eigenvalue weighted by atomic mass is 10.0. The molecule has 0 aromatic heterocycles. The summed E-state index contributed by atoms with van der Waals surface area (Å²) in [6.45, 7) is 4.76. The van der Waals surface area contributed by atoms with Gasteiger partial charge in [-0.3, -0.25) is 4.79 Å². The van der Waals surface area contributed by atoms with Gasteiger partial charge in [-0.05, 0) is 6.92 Å². The van der Waals surface area contributed by atoms with E-state index in [-0.39, 0.29) is 17.9 Å². The average Bonchev–Trinajstić information content (AvgIpc) is 2.12. The van der Waals surface area contributed by atoms with Crippen LogP contribution in [0, 0.1) is 5.92 Å². The fraction of sp³-hybridized carbons (Fsp3) is 0.900. The molecule has 0 saturated carbocycles. The first-order valence-corrected chi connectivity index (χ1v) is 7.70. The molecule has 2 fully saturated rings. The first kappa shape index (κ1) is 12.8. The van der Waals surface area contributed by atoms with Crippen LogP contribution in [0.3, 0.4) is 0 Å². The van der Waals surface area contributed by atoms with Crippen molar-refractivity contribution in [2.75, 3.05) is 39.0 Å². The van der Waals surface area contributed by atoms with Crippen molar-refractivity contribution in [3.63, 3.8) is 0 Å². The molecular weight excluding hydrogens is 242 g/mol. The van der Waals surface area contributed by atoms with Crippen molar-refractivity contribution in [2.45, 2.75) is 13.0 Å². The van der Waals surface area contributed by atoms with Gasteiger partial charge in [0.15, 0.2) is 0 Å². The first-order chi connectivity index (χ1) is 7.89. The van der Waals surface area contributed by atoms with Gasteiger partial charge in [0.2, 0.25) is 15.9 Å². The Bertz CT molecular complexity index is 405. The maximum absolute atomic E-state index is 12.0. The zero-order valence-corrected chi connectivity index (χ0v) is 11.0. The molecule has 0 aromatic rings. The summed E-state index contributed by atoms with van der Waals surface area (Å²) in [5, 5.41) is 3.07. The summed E-state index contributed by atoms with van der Waals surface area (Å²) in [6, 6.07) is -0.129. The number of piperazine rings is 1. The van der Waals surface area contributed by atoms with E-state index in [0.717, 1.165) is 13.1 Å². The van der Waals surface area contributed by atoms with Crippen LogP contribution < -0.4 is 5.32 Å². The monoisotopic (exact) mass is 261 g/mol. The molecule has 2 heterocycles. The molecule has 1 N–H and O–H groups in total. The van der Waals surface area contributed by atoms with E-state index in [1.807, 2.05) is 6.92 Å². The topological polar surface area (TPSA) is 69.7 Å². The van der Waals surface area contributed by atoms with E-state index >= 15 is 0 Å². The summed E-state index contributed by atoms with van der Waals surface area (Å²) in [4.78, 5) is 13.8. The zero-order chi connectivity index (χ0) is 12.6. The van der Waals surface area contributed by atoms with Crippen LogP contribution in [0.15, 0.2) is 0 Å². The van der Waals surface area contributed by atoms with Crippen molar-refractivity contribution in [3.05, 3.63) is 0 Å². The van der Waals surface area contributed by atoms with Crippen LogP contribution >= 0.6 is 0 Å². The van der Waals surface area contributed by atoms with E-state index in [2.05, 4.69) is 5.32 Å². The molecule has 17 heavy (non-hydrogen) atoms. The number of hydrogen-bond donors (Lipinski definition) is 1. The molecule has 0 aliphatic carbocycles. The summed E-state index contributed by atoms with van der Waals surface area (Å²) in [6.07, 6.45) is 1.22. The van der Waals surface area contributed by atoms with Crippen molar-refractivity contribution in [3.8, 4) is 0 Å². The second-order valence-electron chi connectivity index (χ2n) is 4.86. The Hall–Kier alpha value is -0.660. The largest absolute Gasteiger partial charge is 0.339 e. The van der Waals surface area contributed by atoms with Gasteiger partial charge in [0.25, 0.3) is 0 Å². The Kier molecular flexibility index (Phi) is 3.42. The molecule has 98 valence electrons. The van der Waals surface area contributed by atoms with Crippen molar-refractivity contribution in [2.24, 2.45) is 5.92 Å². The molecule has 0 spiro atoms. The summed E-state index contributed by atoms with van der Waals surface area (Å²) in [7, 11) is -3.15. The Morgan fingerprint density at radius 1 is 1.29 bits per heavy atom. The lowest BCUT2D eigenvalue weighted by molar-refractivity contribution is -0.139. The predicted molar refractivity (Wildman–Crippen MR) is 64.0 cm³/mol. The van der Waals surface area contributed by atoms with Crippen molar-refractivity contribution in [1.82, 2.24) is 14.5 Å². The third-order valence-electron chi connectivity index (χ3n) is 3.43. The van der Waals surface area contributed by atoms with Gasteiger partial charge >= 0.3 is 0 Å². The molecule has 2 rings (SSSR count). The summed E-state index contributed by atoms with van der Waals surface area (Å²) >= 11 is 0. The van der Waals surface area contributed by atoms with Crippen LogP contribution in [0.1, 0.15) is 6.92 Å². The lowest BCUT2D eigenvalue weighted by Gasteiger charge is -2.41. The first-order valence-electron chi connectivity index (χ1n) is 5.86. The van der Waals surface area contributed by atoms with Crippen LogP contribution in [-0.4, -0.2) is 68.6 Å². The molecule has 0 bridgehead atoms. The fourth-order valence-electron chi connectivity index (χ4n) is 2.36. The van der Waals surface area contributed by atoms with E-state index in [9.17, 15) is 13.2 Å². The second kappa shape index (κ2) is 4.55. The Labute approximate surface area is 102 Å². The SMILES string of the molecule is C[C@H]1CN(C(=O)C2CNC2)CCN1S(C)(=O)=O. The molecule has 0 aromatic carbocycles. The number of nitrogens with one attached hydrogen (secondary N) is 1. The zero-order valence-electron chi connectivity index (χ0n) is 10.2. The van der Waals surface area contributed by atoms with Crippen LogP contribution in [-0.2, 0) is 14.8 Å². The Morgan fingerprint density at radius 2 is 1.94 bits per heavy atom. The van der Waals surface area contributed by atoms with Crippen LogP contribution in [0.2, 0.25) is 0 Å². The number of carbonyl (C=O) groups is 1. The minimum Gasteiger partial charge on any atom is -0.339 e. The summed E-state index contributed by atoms with van der Waals surface area (Å²) in [5.41, 5.74) is 0. The Morgan fingerprint density at radius 3 is 2.35 bits per heavy atom. The van der Waals surface area contributed by atoms with E-state index in [1.165, 1.54) is 10.6 Å². The van der Waals surface area contributed by atoms with E-state index in [4.69, 9.17) is 0 Å². The number of carbonyl (C=O) groups excluding carboxylic acids is 1. The van der Waals surface area contributed by atoms with E-state index < -0.39 is 10.0 Å². The van der Waals surface area contributed by atoms with Gasteiger partial charge < -0.3 is 10.2 Å². The van der Waals surface area contributed by atoms with Gasteiger partial charge in [-0.2, -0.15) is 4.31 Å². The average molecular weight is 261 g/mol. The van der Waals surface area contributed by atoms with Crippen LogP contribution in [0.4, 0.5) is 0 Å². The van der Waals surface area contributed by atoms with E-state index in [0.29, 0.717) is 19.6 Å². The van der Waals surface area contributed by atoms with Crippen LogP contribution in [0.5, 0.6) is 0 Å².